The zero-order valence-corrected chi connectivity index (χ0v) is 16.3. The highest BCUT2D eigenvalue weighted by atomic mass is 32.1. The molecule has 166 valence electrons. The highest BCUT2D eigenvalue weighted by Crippen LogP contribution is 2.27. The first-order chi connectivity index (χ1) is 14.5. The summed E-state index contributed by atoms with van der Waals surface area (Å²) in [6.07, 6.45) is -1.47. The molecule has 14 heteroatoms. The van der Waals surface area contributed by atoms with Crippen LogP contribution in [0.25, 0.3) is 16.2 Å². The molecule has 31 heavy (non-hydrogen) atoms. The van der Waals surface area contributed by atoms with Crippen LogP contribution in [-0.4, -0.2) is 56.0 Å². The van der Waals surface area contributed by atoms with Gasteiger partial charge in [-0.2, -0.15) is 13.2 Å². The van der Waals surface area contributed by atoms with Crippen molar-refractivity contribution >= 4 is 34.2 Å². The molecule has 4 heterocycles. The number of halogens is 4. The minimum absolute atomic E-state index is 0.00921. The number of nitrogens with zero attached hydrogens (tertiary/aromatic N) is 4. The molecule has 0 spiro atoms. The normalized spacial score (nSPS) is 16.3. The molecule has 0 radical (unpaired) electrons. The van der Waals surface area contributed by atoms with Crippen molar-refractivity contribution in [1.82, 2.24) is 14.5 Å². The SMILES string of the molecule is NC1CCN(c2nc3c(cc2F)c(=O)c(O)cn3-c2nccs2)C1.O=C(O)C(F)(F)F. The smallest absolute Gasteiger partial charge is 0.490 e. The van der Waals surface area contributed by atoms with Crippen LogP contribution in [0.2, 0.25) is 0 Å². The first-order valence-corrected chi connectivity index (χ1v) is 9.52. The lowest BCUT2D eigenvalue weighted by Crippen LogP contribution is -2.28. The van der Waals surface area contributed by atoms with E-state index in [9.17, 15) is 27.5 Å². The molecule has 0 amide bonds. The minimum Gasteiger partial charge on any atom is -0.503 e. The van der Waals surface area contributed by atoms with E-state index in [0.717, 1.165) is 12.5 Å². The standard InChI is InChI=1S/C15H14FN5O2S.C2HF3O2/c16-10-5-9-12(23)11(22)7-21(15-18-2-4-24-15)13(9)19-14(10)20-3-1-8(17)6-20;3-2(4,5)1(6)7/h2,4-5,7-8,22H,1,3,6,17H2;(H,6,7). The van der Waals surface area contributed by atoms with Gasteiger partial charge in [0.2, 0.25) is 5.43 Å². The lowest BCUT2D eigenvalue weighted by atomic mass is 10.2. The fourth-order valence-electron chi connectivity index (χ4n) is 2.88. The molecule has 4 N–H and O–H groups in total. The summed E-state index contributed by atoms with van der Waals surface area (Å²) in [5.41, 5.74) is 5.48. The Bertz CT molecular complexity index is 1170. The number of aliphatic carboxylic acids is 1. The number of hydrogen-bond acceptors (Lipinski definition) is 8. The Morgan fingerprint density at radius 1 is 1.35 bits per heavy atom. The van der Waals surface area contributed by atoms with Gasteiger partial charge in [0, 0.05) is 30.7 Å². The molecule has 3 aromatic rings. The summed E-state index contributed by atoms with van der Waals surface area (Å²) >= 11 is 1.32. The highest BCUT2D eigenvalue weighted by Gasteiger charge is 2.38. The lowest BCUT2D eigenvalue weighted by molar-refractivity contribution is -0.192. The summed E-state index contributed by atoms with van der Waals surface area (Å²) in [5, 5.41) is 19.3. The Morgan fingerprint density at radius 2 is 2.03 bits per heavy atom. The predicted octanol–water partition coefficient (Wildman–Crippen LogP) is 1.86. The summed E-state index contributed by atoms with van der Waals surface area (Å²) in [6, 6.07) is 1.09. The fraction of sp³-hybridized carbons (Fsp3) is 0.294. The Balaban J connectivity index is 0.000000339. The van der Waals surface area contributed by atoms with Gasteiger partial charge in [-0.25, -0.2) is 19.2 Å². The Morgan fingerprint density at radius 3 is 2.55 bits per heavy atom. The van der Waals surface area contributed by atoms with E-state index < -0.39 is 29.1 Å². The van der Waals surface area contributed by atoms with Gasteiger partial charge in [0.25, 0.3) is 0 Å². The van der Waals surface area contributed by atoms with Gasteiger partial charge in [0.15, 0.2) is 28.2 Å². The third kappa shape index (κ3) is 4.74. The molecular formula is C17H15F4N5O4S. The topological polar surface area (TPSA) is 135 Å². The summed E-state index contributed by atoms with van der Waals surface area (Å²) in [7, 11) is 0. The van der Waals surface area contributed by atoms with Crippen molar-refractivity contribution in [2.75, 3.05) is 18.0 Å². The van der Waals surface area contributed by atoms with E-state index in [1.165, 1.54) is 22.1 Å². The average Bonchev–Trinajstić information content (AvgIpc) is 3.36. The molecule has 1 aliphatic heterocycles. The fourth-order valence-corrected chi connectivity index (χ4v) is 3.50. The third-order valence-corrected chi connectivity index (χ3v) is 5.06. The van der Waals surface area contributed by atoms with E-state index in [1.807, 2.05) is 0 Å². The second-order valence-corrected chi connectivity index (χ2v) is 7.36. The van der Waals surface area contributed by atoms with Crippen LogP contribution in [-0.2, 0) is 4.79 Å². The number of hydrogen-bond donors (Lipinski definition) is 3. The van der Waals surface area contributed by atoms with Gasteiger partial charge in [-0.1, -0.05) is 0 Å². The highest BCUT2D eigenvalue weighted by molar-refractivity contribution is 7.12. The maximum absolute atomic E-state index is 14.5. The number of fused-ring (bicyclic) bond motifs is 1. The van der Waals surface area contributed by atoms with Crippen molar-refractivity contribution in [3.63, 3.8) is 0 Å². The summed E-state index contributed by atoms with van der Waals surface area (Å²) in [6.45, 7) is 1.12. The predicted molar refractivity (Wildman–Crippen MR) is 103 cm³/mol. The maximum atomic E-state index is 14.5. The average molecular weight is 461 g/mol. The molecule has 4 rings (SSSR count). The van der Waals surface area contributed by atoms with Gasteiger partial charge >= 0.3 is 12.1 Å². The van der Waals surface area contributed by atoms with E-state index in [4.69, 9.17) is 15.6 Å². The molecule has 0 aromatic carbocycles. The van der Waals surface area contributed by atoms with Crippen molar-refractivity contribution in [3.05, 3.63) is 39.9 Å². The van der Waals surface area contributed by atoms with E-state index in [0.29, 0.717) is 18.2 Å². The number of carbonyl (C=O) groups is 1. The van der Waals surface area contributed by atoms with Crippen LogP contribution in [0.1, 0.15) is 6.42 Å². The van der Waals surface area contributed by atoms with Crippen LogP contribution < -0.4 is 16.1 Å². The number of carboxylic acid groups (broad SMARTS) is 1. The molecule has 9 nitrogen and oxygen atoms in total. The molecule has 0 saturated carbocycles. The molecule has 1 fully saturated rings. The van der Waals surface area contributed by atoms with E-state index >= 15 is 0 Å². The van der Waals surface area contributed by atoms with Gasteiger partial charge in [0.1, 0.15) is 0 Å². The Kier molecular flexibility index (Phi) is 6.13. The molecular weight excluding hydrogens is 446 g/mol. The number of thiazole rings is 1. The van der Waals surface area contributed by atoms with Gasteiger partial charge in [-0.3, -0.25) is 9.36 Å². The number of alkyl halides is 3. The van der Waals surface area contributed by atoms with Crippen LogP contribution in [0.3, 0.4) is 0 Å². The Hall–Kier alpha value is -3.26. The molecule has 1 atom stereocenters. The van der Waals surface area contributed by atoms with E-state index in [-0.39, 0.29) is 22.9 Å². The van der Waals surface area contributed by atoms with Gasteiger partial charge < -0.3 is 20.8 Å². The van der Waals surface area contributed by atoms with Gasteiger partial charge in [-0.15, -0.1) is 11.3 Å². The quantitative estimate of drug-likeness (QED) is 0.493. The van der Waals surface area contributed by atoms with Crippen molar-refractivity contribution in [2.45, 2.75) is 18.6 Å². The van der Waals surface area contributed by atoms with Crippen molar-refractivity contribution in [1.29, 1.82) is 0 Å². The number of aromatic hydroxyl groups is 1. The Labute approximate surface area is 175 Å². The lowest BCUT2D eigenvalue weighted by Gasteiger charge is -2.19. The number of rotatable bonds is 2. The molecule has 1 aliphatic rings. The second-order valence-electron chi connectivity index (χ2n) is 6.49. The molecule has 0 bridgehead atoms. The minimum atomic E-state index is -5.08. The monoisotopic (exact) mass is 461 g/mol. The van der Waals surface area contributed by atoms with Crippen LogP contribution in [0.5, 0.6) is 5.75 Å². The van der Waals surface area contributed by atoms with Crippen LogP contribution in [0.15, 0.2) is 28.6 Å². The largest absolute Gasteiger partial charge is 0.503 e. The van der Waals surface area contributed by atoms with E-state index in [1.54, 1.807) is 16.5 Å². The summed E-state index contributed by atoms with van der Waals surface area (Å²) in [4.78, 5) is 31.4. The summed E-state index contributed by atoms with van der Waals surface area (Å²) in [5.74, 6) is -3.68. The second kappa shape index (κ2) is 8.47. The first kappa shape index (κ1) is 22.4. The van der Waals surface area contributed by atoms with E-state index in [2.05, 4.69) is 9.97 Å². The third-order valence-electron chi connectivity index (χ3n) is 4.29. The number of nitrogens with two attached hydrogens (primary N) is 1. The van der Waals surface area contributed by atoms with Crippen LogP contribution in [0.4, 0.5) is 23.4 Å². The van der Waals surface area contributed by atoms with Gasteiger partial charge in [-0.05, 0) is 12.5 Å². The first-order valence-electron chi connectivity index (χ1n) is 8.64. The molecule has 1 saturated heterocycles. The van der Waals surface area contributed by atoms with Crippen LogP contribution >= 0.6 is 11.3 Å². The van der Waals surface area contributed by atoms with Crippen LogP contribution in [0, 0.1) is 5.82 Å². The zero-order valence-electron chi connectivity index (χ0n) is 15.5. The van der Waals surface area contributed by atoms with Crippen molar-refractivity contribution < 1.29 is 32.6 Å². The number of pyridine rings is 2. The number of anilines is 1. The molecule has 1 unspecified atom stereocenters. The van der Waals surface area contributed by atoms with Crippen molar-refractivity contribution in [2.24, 2.45) is 5.73 Å². The van der Waals surface area contributed by atoms with Crippen molar-refractivity contribution in [3.8, 4) is 10.9 Å². The number of aromatic nitrogens is 3. The number of carboxylic acids is 1. The zero-order chi connectivity index (χ0) is 22.9. The molecule has 3 aromatic heterocycles. The maximum Gasteiger partial charge on any atom is 0.490 e. The van der Waals surface area contributed by atoms with Gasteiger partial charge in [0.05, 0.1) is 11.6 Å². The summed E-state index contributed by atoms with van der Waals surface area (Å²) < 4.78 is 47.7. The molecule has 0 aliphatic carbocycles.